The van der Waals surface area contributed by atoms with Gasteiger partial charge in [-0.2, -0.15) is 4.98 Å². The third-order valence-corrected chi connectivity index (χ3v) is 6.56. The highest BCUT2D eigenvalue weighted by Gasteiger charge is 2.25. The van der Waals surface area contributed by atoms with Crippen LogP contribution in [0, 0.1) is 5.82 Å². The third-order valence-electron chi connectivity index (χ3n) is 6.56. The average Bonchev–Trinajstić information content (AvgIpc) is 3.51. The van der Waals surface area contributed by atoms with Gasteiger partial charge in [0.15, 0.2) is 0 Å². The molecule has 34 heavy (non-hydrogen) atoms. The van der Waals surface area contributed by atoms with Gasteiger partial charge in [-0.05, 0) is 73.2 Å². The van der Waals surface area contributed by atoms with E-state index >= 15 is 0 Å². The van der Waals surface area contributed by atoms with E-state index in [-0.39, 0.29) is 11.7 Å². The number of hydrogen-bond acceptors (Lipinski definition) is 5. The highest BCUT2D eigenvalue weighted by Crippen LogP contribution is 2.34. The van der Waals surface area contributed by atoms with E-state index < -0.39 is 0 Å². The lowest BCUT2D eigenvalue weighted by Gasteiger charge is -2.32. The van der Waals surface area contributed by atoms with Crippen LogP contribution in [-0.4, -0.2) is 46.1 Å². The Morgan fingerprint density at radius 3 is 2.76 bits per heavy atom. The molecule has 8 heteroatoms. The first-order chi connectivity index (χ1) is 16.6. The first-order valence-electron chi connectivity index (χ1n) is 11.6. The molecule has 0 radical (unpaired) electrons. The molecule has 0 unspecified atom stereocenters. The number of aryl methyl sites for hydroxylation is 1. The molecule has 2 aromatic carbocycles. The Hall–Kier alpha value is -3.68. The molecule has 2 aromatic heterocycles. The number of hydrogen-bond donors (Lipinski definition) is 1. The third kappa shape index (κ3) is 4.66. The van der Waals surface area contributed by atoms with Gasteiger partial charge in [0, 0.05) is 48.6 Å². The minimum absolute atomic E-state index is 0.164. The van der Waals surface area contributed by atoms with Gasteiger partial charge in [0.25, 0.3) is 0 Å². The van der Waals surface area contributed by atoms with E-state index in [1.165, 1.54) is 23.1 Å². The summed E-state index contributed by atoms with van der Waals surface area (Å²) >= 11 is 0. The molecule has 0 bridgehead atoms. The van der Waals surface area contributed by atoms with Crippen molar-refractivity contribution in [2.75, 3.05) is 20.2 Å². The molecule has 3 heterocycles. The van der Waals surface area contributed by atoms with Crippen LogP contribution >= 0.6 is 0 Å². The minimum atomic E-state index is -0.309. The predicted octanol–water partition coefficient (Wildman–Crippen LogP) is 5.09. The maximum absolute atomic E-state index is 13.1. The van der Waals surface area contributed by atoms with Crippen molar-refractivity contribution in [2.24, 2.45) is 0 Å². The maximum Gasteiger partial charge on any atom is 0.226 e. The second-order valence-electron chi connectivity index (χ2n) is 8.68. The fourth-order valence-electron chi connectivity index (χ4n) is 4.65. The molecule has 1 amide bonds. The van der Waals surface area contributed by atoms with E-state index in [1.54, 1.807) is 19.2 Å². The fraction of sp³-hybridized carbons (Fsp3) is 0.346. The van der Waals surface area contributed by atoms with E-state index in [9.17, 15) is 9.18 Å². The van der Waals surface area contributed by atoms with Gasteiger partial charge in [-0.15, -0.1) is 0 Å². The molecule has 0 saturated carbocycles. The highest BCUT2D eigenvalue weighted by molar-refractivity contribution is 5.85. The van der Waals surface area contributed by atoms with Crippen molar-refractivity contribution in [2.45, 2.75) is 38.0 Å². The number of aromatic nitrogens is 3. The van der Waals surface area contributed by atoms with Crippen molar-refractivity contribution < 1.29 is 18.4 Å². The number of ether oxygens (including phenoxy) is 1. The lowest BCUT2D eigenvalue weighted by atomic mass is 9.89. The number of benzene rings is 2. The van der Waals surface area contributed by atoms with Crippen LogP contribution in [0.2, 0.25) is 0 Å². The number of nitrogens with one attached hydrogen (secondary N) is 1. The SMILES string of the molecule is COc1ccc2[nH]cc(C3CCN(C(=O)CCCc4nc(-c5ccc(F)cc5)no4)CC3)c2c1. The molecule has 4 aromatic rings. The van der Waals surface area contributed by atoms with Crippen LogP contribution in [-0.2, 0) is 11.2 Å². The summed E-state index contributed by atoms with van der Waals surface area (Å²) in [5, 5.41) is 5.15. The van der Waals surface area contributed by atoms with E-state index in [1.807, 2.05) is 17.0 Å². The van der Waals surface area contributed by atoms with Crippen LogP contribution in [0.4, 0.5) is 4.39 Å². The van der Waals surface area contributed by atoms with Gasteiger partial charge in [-0.1, -0.05) is 5.16 Å². The van der Waals surface area contributed by atoms with Crippen molar-refractivity contribution in [1.29, 1.82) is 0 Å². The van der Waals surface area contributed by atoms with Crippen molar-refractivity contribution in [3.8, 4) is 17.1 Å². The zero-order chi connectivity index (χ0) is 23.5. The number of H-pyrrole nitrogens is 1. The number of carbonyl (C=O) groups excluding carboxylic acids is 1. The van der Waals surface area contributed by atoms with Crippen molar-refractivity contribution >= 4 is 16.8 Å². The monoisotopic (exact) mass is 462 g/mol. The summed E-state index contributed by atoms with van der Waals surface area (Å²) < 4.78 is 23.8. The number of rotatable bonds is 7. The Kier molecular flexibility index (Phi) is 6.29. The van der Waals surface area contributed by atoms with Gasteiger partial charge < -0.3 is 19.1 Å². The van der Waals surface area contributed by atoms with Crippen LogP contribution < -0.4 is 4.74 Å². The minimum Gasteiger partial charge on any atom is -0.497 e. The van der Waals surface area contributed by atoms with Crippen LogP contribution in [0.5, 0.6) is 5.75 Å². The van der Waals surface area contributed by atoms with Crippen molar-refractivity contribution in [3.05, 3.63) is 65.9 Å². The first-order valence-corrected chi connectivity index (χ1v) is 11.6. The van der Waals surface area contributed by atoms with Crippen molar-refractivity contribution in [3.63, 3.8) is 0 Å². The molecule has 1 N–H and O–H groups in total. The average molecular weight is 463 g/mol. The van der Waals surface area contributed by atoms with Crippen LogP contribution in [0.1, 0.15) is 43.1 Å². The molecular formula is C26H27FN4O3. The van der Waals surface area contributed by atoms with Gasteiger partial charge in [0.2, 0.25) is 17.6 Å². The Morgan fingerprint density at radius 1 is 1.21 bits per heavy atom. The number of halogens is 1. The number of aromatic amines is 1. The molecule has 1 fully saturated rings. The number of carbonyl (C=O) groups is 1. The number of fused-ring (bicyclic) bond motifs is 1. The summed E-state index contributed by atoms with van der Waals surface area (Å²) in [5.74, 6) is 2.05. The predicted molar refractivity (Wildman–Crippen MR) is 126 cm³/mol. The zero-order valence-corrected chi connectivity index (χ0v) is 19.1. The van der Waals surface area contributed by atoms with Crippen molar-refractivity contribution in [1.82, 2.24) is 20.0 Å². The molecular weight excluding hydrogens is 435 g/mol. The van der Waals surface area contributed by atoms with E-state index in [2.05, 4.69) is 27.4 Å². The zero-order valence-electron chi connectivity index (χ0n) is 19.1. The lowest BCUT2D eigenvalue weighted by molar-refractivity contribution is -0.132. The van der Waals surface area contributed by atoms with Gasteiger partial charge in [0.05, 0.1) is 7.11 Å². The smallest absolute Gasteiger partial charge is 0.226 e. The standard InChI is InChI=1S/C26H27FN4O3/c1-33-20-9-10-23-21(15-20)22(16-28-23)17-11-13-31(14-12-17)25(32)4-2-3-24-29-26(30-34-24)18-5-7-19(27)8-6-18/h5-10,15-17,28H,2-4,11-14H2,1H3. The summed E-state index contributed by atoms with van der Waals surface area (Å²) in [6, 6.07) is 12.0. The molecule has 0 aliphatic carbocycles. The number of likely N-dealkylation sites (tertiary alicyclic amines) is 1. The van der Waals surface area contributed by atoms with E-state index in [4.69, 9.17) is 9.26 Å². The number of piperidine rings is 1. The number of amides is 1. The van der Waals surface area contributed by atoms with Crippen LogP contribution in [0.15, 0.2) is 53.2 Å². The molecule has 7 nitrogen and oxygen atoms in total. The lowest BCUT2D eigenvalue weighted by Crippen LogP contribution is -2.37. The molecule has 0 spiro atoms. The van der Waals surface area contributed by atoms with E-state index in [0.717, 1.165) is 37.2 Å². The summed E-state index contributed by atoms with van der Waals surface area (Å²) in [5.41, 5.74) is 3.11. The second kappa shape index (κ2) is 9.67. The second-order valence-corrected chi connectivity index (χ2v) is 8.68. The van der Waals surface area contributed by atoms with Gasteiger partial charge in [-0.3, -0.25) is 4.79 Å². The molecule has 176 valence electrons. The first kappa shape index (κ1) is 22.1. The molecule has 0 atom stereocenters. The normalized spacial score (nSPS) is 14.6. The topological polar surface area (TPSA) is 84.2 Å². The number of nitrogens with zero attached hydrogens (tertiary/aromatic N) is 3. The Labute approximate surface area is 196 Å². The van der Waals surface area contributed by atoms with Gasteiger partial charge >= 0.3 is 0 Å². The Balaban J connectivity index is 1.11. The fourth-order valence-corrected chi connectivity index (χ4v) is 4.65. The maximum atomic E-state index is 13.1. The molecule has 1 aliphatic rings. The van der Waals surface area contributed by atoms with Crippen LogP contribution in [0.25, 0.3) is 22.3 Å². The molecule has 1 aliphatic heterocycles. The largest absolute Gasteiger partial charge is 0.497 e. The summed E-state index contributed by atoms with van der Waals surface area (Å²) in [4.78, 5) is 22.4. The molecule has 1 saturated heterocycles. The number of methoxy groups -OCH3 is 1. The quantitative estimate of drug-likeness (QED) is 0.413. The summed E-state index contributed by atoms with van der Waals surface area (Å²) in [7, 11) is 1.68. The molecule has 5 rings (SSSR count). The Morgan fingerprint density at radius 2 is 2.00 bits per heavy atom. The summed E-state index contributed by atoms with van der Waals surface area (Å²) in [6.45, 7) is 1.52. The van der Waals surface area contributed by atoms with E-state index in [0.29, 0.717) is 42.5 Å². The highest BCUT2D eigenvalue weighted by atomic mass is 19.1. The van der Waals surface area contributed by atoms with Gasteiger partial charge in [-0.25, -0.2) is 4.39 Å². The Bertz CT molecular complexity index is 1270. The summed E-state index contributed by atoms with van der Waals surface area (Å²) in [6.07, 6.45) is 5.61. The van der Waals surface area contributed by atoms with Gasteiger partial charge in [0.1, 0.15) is 11.6 Å². The van der Waals surface area contributed by atoms with Crippen LogP contribution in [0.3, 0.4) is 0 Å².